The number of ether oxygens (including phenoxy) is 2. The fourth-order valence-electron chi connectivity index (χ4n) is 2.40. The normalized spacial score (nSPS) is 12.1. The molecule has 26 heavy (non-hydrogen) atoms. The molecule has 1 atom stereocenters. The summed E-state index contributed by atoms with van der Waals surface area (Å²) in [6, 6.07) is 15.2. The Labute approximate surface area is 159 Å². The highest BCUT2D eigenvalue weighted by atomic mass is 79.9. The van der Waals surface area contributed by atoms with Gasteiger partial charge < -0.3 is 14.6 Å². The van der Waals surface area contributed by atoms with Gasteiger partial charge in [0.2, 0.25) is 5.82 Å². The Morgan fingerprint density at radius 2 is 1.92 bits per heavy atom. The SMILES string of the molecule is COc1ccccc1COCC(O)Cn1nnc(-c2ccc(Br)cc2)n1. The molecule has 0 aliphatic heterocycles. The lowest BCUT2D eigenvalue weighted by Crippen LogP contribution is -2.23. The number of halogens is 1. The van der Waals surface area contributed by atoms with Crippen LogP contribution in [0.2, 0.25) is 0 Å². The topological polar surface area (TPSA) is 82.3 Å². The first kappa shape index (κ1) is 18.5. The van der Waals surface area contributed by atoms with Gasteiger partial charge in [0.15, 0.2) is 0 Å². The van der Waals surface area contributed by atoms with Crippen molar-refractivity contribution in [3.8, 4) is 17.1 Å². The van der Waals surface area contributed by atoms with Crippen molar-refractivity contribution in [2.24, 2.45) is 0 Å². The van der Waals surface area contributed by atoms with Crippen molar-refractivity contribution < 1.29 is 14.6 Å². The highest BCUT2D eigenvalue weighted by Crippen LogP contribution is 2.19. The lowest BCUT2D eigenvalue weighted by Gasteiger charge is -2.12. The monoisotopic (exact) mass is 418 g/mol. The van der Waals surface area contributed by atoms with Crippen LogP contribution in [-0.2, 0) is 17.9 Å². The Morgan fingerprint density at radius 1 is 1.15 bits per heavy atom. The third kappa shape index (κ3) is 4.87. The van der Waals surface area contributed by atoms with Gasteiger partial charge in [0.25, 0.3) is 0 Å². The molecule has 0 aliphatic carbocycles. The number of benzene rings is 2. The molecule has 136 valence electrons. The van der Waals surface area contributed by atoms with E-state index >= 15 is 0 Å². The molecular formula is C18H19BrN4O3. The largest absolute Gasteiger partial charge is 0.496 e. The first-order chi connectivity index (χ1) is 12.7. The molecule has 0 spiro atoms. The Hall–Kier alpha value is -2.29. The molecule has 0 saturated carbocycles. The number of aromatic nitrogens is 4. The maximum Gasteiger partial charge on any atom is 0.204 e. The van der Waals surface area contributed by atoms with Crippen LogP contribution in [-0.4, -0.2) is 45.1 Å². The predicted octanol–water partition coefficient (Wildman–Crippen LogP) is 2.69. The van der Waals surface area contributed by atoms with Gasteiger partial charge in [-0.3, -0.25) is 0 Å². The molecule has 1 N–H and O–H groups in total. The molecule has 0 aliphatic rings. The molecule has 0 saturated heterocycles. The first-order valence-corrected chi connectivity index (χ1v) is 8.86. The third-order valence-electron chi connectivity index (χ3n) is 3.69. The summed E-state index contributed by atoms with van der Waals surface area (Å²) in [4.78, 5) is 1.37. The summed E-state index contributed by atoms with van der Waals surface area (Å²) in [5.41, 5.74) is 1.79. The van der Waals surface area contributed by atoms with E-state index in [1.54, 1.807) is 7.11 Å². The van der Waals surface area contributed by atoms with Crippen LogP contribution >= 0.6 is 15.9 Å². The van der Waals surface area contributed by atoms with Crippen LogP contribution in [0.25, 0.3) is 11.4 Å². The zero-order valence-corrected chi connectivity index (χ0v) is 15.8. The molecule has 1 unspecified atom stereocenters. The quantitative estimate of drug-likeness (QED) is 0.605. The Kier molecular flexibility index (Phi) is 6.32. The smallest absolute Gasteiger partial charge is 0.204 e. The summed E-state index contributed by atoms with van der Waals surface area (Å²) < 4.78 is 11.8. The predicted molar refractivity (Wildman–Crippen MR) is 99.6 cm³/mol. The highest BCUT2D eigenvalue weighted by molar-refractivity contribution is 9.10. The molecule has 7 nitrogen and oxygen atoms in total. The maximum atomic E-state index is 10.1. The zero-order chi connectivity index (χ0) is 18.4. The first-order valence-electron chi connectivity index (χ1n) is 8.07. The van der Waals surface area contributed by atoms with Crippen molar-refractivity contribution in [3.05, 3.63) is 58.6 Å². The van der Waals surface area contributed by atoms with E-state index in [1.165, 1.54) is 4.80 Å². The van der Waals surface area contributed by atoms with Crippen molar-refractivity contribution in [2.45, 2.75) is 19.3 Å². The van der Waals surface area contributed by atoms with E-state index in [4.69, 9.17) is 9.47 Å². The van der Waals surface area contributed by atoms with Gasteiger partial charge in [0.05, 0.1) is 33.0 Å². The number of methoxy groups -OCH3 is 1. The average molecular weight is 419 g/mol. The standard InChI is InChI=1S/C18H19BrN4O3/c1-25-17-5-3-2-4-14(17)11-26-12-16(24)10-23-21-18(20-22-23)13-6-8-15(19)9-7-13/h2-9,16,24H,10-12H2,1H3. The van der Waals surface area contributed by atoms with Gasteiger partial charge in [-0.25, -0.2) is 0 Å². The van der Waals surface area contributed by atoms with Gasteiger partial charge in [-0.1, -0.05) is 34.1 Å². The molecule has 2 aromatic carbocycles. The summed E-state index contributed by atoms with van der Waals surface area (Å²) in [5.74, 6) is 1.28. The zero-order valence-electron chi connectivity index (χ0n) is 14.2. The van der Waals surface area contributed by atoms with Crippen LogP contribution in [0.3, 0.4) is 0 Å². The van der Waals surface area contributed by atoms with E-state index in [9.17, 15) is 5.11 Å². The third-order valence-corrected chi connectivity index (χ3v) is 4.22. The maximum absolute atomic E-state index is 10.1. The fourth-order valence-corrected chi connectivity index (χ4v) is 2.67. The van der Waals surface area contributed by atoms with Crippen molar-refractivity contribution in [1.82, 2.24) is 20.2 Å². The molecule has 3 aromatic rings. The summed E-state index contributed by atoms with van der Waals surface area (Å²) in [6.07, 6.45) is -0.739. The number of tetrazole rings is 1. The number of rotatable bonds is 8. The lowest BCUT2D eigenvalue weighted by atomic mass is 10.2. The van der Waals surface area contributed by atoms with E-state index in [0.717, 1.165) is 21.3 Å². The Balaban J connectivity index is 1.51. The van der Waals surface area contributed by atoms with Gasteiger partial charge in [-0.2, -0.15) is 4.80 Å². The minimum absolute atomic E-state index is 0.160. The molecule has 0 fully saturated rings. The van der Waals surface area contributed by atoms with Gasteiger partial charge in [0, 0.05) is 15.6 Å². The number of nitrogens with zero attached hydrogens (tertiary/aromatic N) is 4. The van der Waals surface area contributed by atoms with Gasteiger partial charge in [-0.05, 0) is 35.5 Å². The van der Waals surface area contributed by atoms with Crippen molar-refractivity contribution in [1.29, 1.82) is 0 Å². The molecule has 8 heteroatoms. The molecule has 0 amide bonds. The van der Waals surface area contributed by atoms with Gasteiger partial charge >= 0.3 is 0 Å². The molecular weight excluding hydrogens is 400 g/mol. The Bertz CT molecular complexity index is 838. The van der Waals surface area contributed by atoms with E-state index in [-0.39, 0.29) is 13.2 Å². The van der Waals surface area contributed by atoms with Gasteiger partial charge in [0.1, 0.15) is 5.75 Å². The number of hydrogen-bond donors (Lipinski definition) is 1. The van der Waals surface area contributed by atoms with Crippen LogP contribution in [0, 0.1) is 0 Å². The summed E-state index contributed by atoms with van der Waals surface area (Å²) in [7, 11) is 1.62. The molecule has 1 aromatic heterocycles. The van der Waals surface area contributed by atoms with E-state index < -0.39 is 6.10 Å². The molecule has 0 bridgehead atoms. The lowest BCUT2D eigenvalue weighted by molar-refractivity contribution is 0.0159. The summed E-state index contributed by atoms with van der Waals surface area (Å²) in [6.45, 7) is 0.721. The summed E-state index contributed by atoms with van der Waals surface area (Å²) in [5, 5.41) is 22.4. The minimum Gasteiger partial charge on any atom is -0.496 e. The van der Waals surface area contributed by atoms with E-state index in [1.807, 2.05) is 48.5 Å². The molecule has 1 heterocycles. The average Bonchev–Trinajstić information content (AvgIpc) is 3.11. The Morgan fingerprint density at radius 3 is 2.69 bits per heavy atom. The van der Waals surface area contributed by atoms with E-state index in [2.05, 4.69) is 31.3 Å². The number of aliphatic hydroxyl groups is 1. The molecule has 3 rings (SSSR count). The summed E-state index contributed by atoms with van der Waals surface area (Å²) >= 11 is 3.39. The fraction of sp³-hybridized carbons (Fsp3) is 0.278. The van der Waals surface area contributed by atoms with Crippen molar-refractivity contribution >= 4 is 15.9 Å². The number of aliphatic hydroxyl groups excluding tert-OH is 1. The van der Waals surface area contributed by atoms with Crippen LogP contribution in [0.15, 0.2) is 53.0 Å². The van der Waals surface area contributed by atoms with Gasteiger partial charge in [-0.15, -0.1) is 10.2 Å². The van der Waals surface area contributed by atoms with Crippen LogP contribution in [0.4, 0.5) is 0 Å². The molecule has 0 radical (unpaired) electrons. The second-order valence-corrected chi connectivity index (χ2v) is 6.57. The van der Waals surface area contributed by atoms with E-state index in [0.29, 0.717) is 12.4 Å². The minimum atomic E-state index is -0.739. The number of para-hydroxylation sites is 1. The number of hydrogen-bond acceptors (Lipinski definition) is 6. The second kappa shape index (κ2) is 8.88. The second-order valence-electron chi connectivity index (χ2n) is 5.66. The highest BCUT2D eigenvalue weighted by Gasteiger charge is 2.11. The van der Waals surface area contributed by atoms with Crippen LogP contribution in [0.1, 0.15) is 5.56 Å². The van der Waals surface area contributed by atoms with Crippen LogP contribution in [0.5, 0.6) is 5.75 Å². The van der Waals surface area contributed by atoms with Crippen molar-refractivity contribution in [3.63, 3.8) is 0 Å². The van der Waals surface area contributed by atoms with Crippen molar-refractivity contribution in [2.75, 3.05) is 13.7 Å². The van der Waals surface area contributed by atoms with Crippen LogP contribution < -0.4 is 4.74 Å².